The zero-order chi connectivity index (χ0) is 16.9. The summed E-state index contributed by atoms with van der Waals surface area (Å²) in [6.07, 6.45) is 4.04. The van der Waals surface area contributed by atoms with Crippen molar-refractivity contribution in [1.29, 1.82) is 0 Å². The van der Waals surface area contributed by atoms with E-state index in [1.807, 2.05) is 6.08 Å². The zero-order valence-electron chi connectivity index (χ0n) is 14.4. The van der Waals surface area contributed by atoms with Crippen LogP contribution in [0.25, 0.3) is 0 Å². The van der Waals surface area contributed by atoms with Crippen LogP contribution < -0.4 is 9.47 Å². The predicted octanol–water partition coefficient (Wildman–Crippen LogP) is 2.08. The van der Waals surface area contributed by atoms with Crippen molar-refractivity contribution in [1.82, 2.24) is 4.90 Å². The van der Waals surface area contributed by atoms with E-state index in [0.717, 1.165) is 37.4 Å². The highest BCUT2D eigenvalue weighted by Crippen LogP contribution is 2.53. The van der Waals surface area contributed by atoms with Gasteiger partial charge in [-0.15, -0.1) is 0 Å². The number of carbonyl (C=O) groups excluding carboxylic acids is 1. The van der Waals surface area contributed by atoms with E-state index in [4.69, 9.17) is 14.2 Å². The third-order valence-electron chi connectivity index (χ3n) is 5.83. The summed E-state index contributed by atoms with van der Waals surface area (Å²) < 4.78 is 16.5. The summed E-state index contributed by atoms with van der Waals surface area (Å²) in [7, 11) is 4.95. The first-order chi connectivity index (χ1) is 11.6. The van der Waals surface area contributed by atoms with Crippen LogP contribution in [0.5, 0.6) is 11.5 Å². The highest BCUT2D eigenvalue weighted by molar-refractivity contribution is 5.96. The van der Waals surface area contributed by atoms with E-state index >= 15 is 0 Å². The van der Waals surface area contributed by atoms with E-state index in [1.54, 1.807) is 21.3 Å². The Labute approximate surface area is 142 Å². The van der Waals surface area contributed by atoms with Gasteiger partial charge >= 0.3 is 0 Å². The molecule has 5 nitrogen and oxygen atoms in total. The molecule has 24 heavy (non-hydrogen) atoms. The van der Waals surface area contributed by atoms with Crippen LogP contribution >= 0.6 is 0 Å². The lowest BCUT2D eigenvalue weighted by Crippen LogP contribution is -2.52. The fourth-order valence-electron chi connectivity index (χ4n) is 4.67. The van der Waals surface area contributed by atoms with Crippen LogP contribution in [0.2, 0.25) is 0 Å². The van der Waals surface area contributed by atoms with Gasteiger partial charge in [-0.05, 0) is 47.8 Å². The molecule has 0 aromatic heterocycles. The first kappa shape index (κ1) is 15.7. The minimum atomic E-state index is -0.381. The van der Waals surface area contributed by atoms with Gasteiger partial charge in [0.2, 0.25) is 0 Å². The molecule has 0 unspecified atom stereocenters. The molecule has 0 saturated carbocycles. The van der Waals surface area contributed by atoms with Crippen LogP contribution in [0.3, 0.4) is 0 Å². The average molecular weight is 329 g/mol. The van der Waals surface area contributed by atoms with Gasteiger partial charge in [-0.3, -0.25) is 9.69 Å². The van der Waals surface area contributed by atoms with Gasteiger partial charge in [0.15, 0.2) is 17.3 Å². The molecule has 4 rings (SSSR count). The second-order valence-electron chi connectivity index (χ2n) is 6.71. The molecule has 0 amide bonds. The maximum atomic E-state index is 12.3. The van der Waals surface area contributed by atoms with Crippen molar-refractivity contribution in [2.75, 3.05) is 34.4 Å². The molecule has 128 valence electrons. The molecule has 1 fully saturated rings. The summed E-state index contributed by atoms with van der Waals surface area (Å²) in [5.41, 5.74) is 3.50. The van der Waals surface area contributed by atoms with Crippen molar-refractivity contribution >= 4 is 5.78 Å². The molecule has 5 heteroatoms. The lowest BCUT2D eigenvalue weighted by molar-refractivity contribution is -0.127. The van der Waals surface area contributed by atoms with Gasteiger partial charge < -0.3 is 14.2 Å². The van der Waals surface area contributed by atoms with Crippen LogP contribution in [-0.4, -0.2) is 51.2 Å². The molecule has 1 aromatic carbocycles. The number of ether oxygens (including phenoxy) is 3. The maximum absolute atomic E-state index is 12.3. The molecule has 1 aromatic rings. The molecule has 1 saturated heterocycles. The Morgan fingerprint density at radius 2 is 1.79 bits per heavy atom. The fourth-order valence-corrected chi connectivity index (χ4v) is 4.67. The van der Waals surface area contributed by atoms with Crippen LogP contribution in [0.15, 0.2) is 23.8 Å². The summed E-state index contributed by atoms with van der Waals surface area (Å²) in [5.74, 6) is 1.59. The molecule has 2 atom stereocenters. The maximum Gasteiger partial charge on any atom is 0.184 e. The van der Waals surface area contributed by atoms with E-state index in [2.05, 4.69) is 17.0 Å². The highest BCUT2D eigenvalue weighted by Gasteiger charge is 2.53. The quantitative estimate of drug-likeness (QED) is 0.850. The lowest BCUT2D eigenvalue weighted by atomic mass is 9.70. The predicted molar refractivity (Wildman–Crippen MR) is 89.6 cm³/mol. The topological polar surface area (TPSA) is 48.0 Å². The Kier molecular flexibility index (Phi) is 3.66. The molecule has 2 aliphatic heterocycles. The van der Waals surface area contributed by atoms with Gasteiger partial charge in [0, 0.05) is 26.6 Å². The smallest absolute Gasteiger partial charge is 0.184 e. The van der Waals surface area contributed by atoms with Gasteiger partial charge in [0.05, 0.1) is 19.8 Å². The number of ketones is 1. The van der Waals surface area contributed by atoms with E-state index < -0.39 is 0 Å². The molecule has 0 N–H and O–H groups in total. The van der Waals surface area contributed by atoms with Crippen molar-refractivity contribution in [3.8, 4) is 11.5 Å². The van der Waals surface area contributed by atoms with Gasteiger partial charge in [-0.1, -0.05) is 0 Å². The minimum absolute atomic E-state index is 0.0903. The molecule has 1 aliphatic carbocycles. The van der Waals surface area contributed by atoms with Crippen molar-refractivity contribution in [3.63, 3.8) is 0 Å². The largest absolute Gasteiger partial charge is 0.493 e. The molecule has 0 radical (unpaired) electrons. The molecule has 3 aliphatic rings. The summed E-state index contributed by atoms with van der Waals surface area (Å²) in [6.45, 7) is 1.98. The summed E-state index contributed by atoms with van der Waals surface area (Å²) >= 11 is 0. The number of fused-ring (bicyclic) bond motifs is 1. The standard InChI is InChI=1S/C19H23NO4/c1-22-16-8-12-4-6-20-7-5-13-9-15(21)18(24-3)11-19(13,20)14(12)10-17(16)23-2/h8-10,18H,4-7,11H2,1-3H3/t18-,19+/m1/s1. The Morgan fingerprint density at radius 3 is 2.50 bits per heavy atom. The zero-order valence-corrected chi connectivity index (χ0v) is 14.4. The molecule has 2 heterocycles. The summed E-state index contributed by atoms with van der Waals surface area (Å²) in [6, 6.07) is 4.19. The summed E-state index contributed by atoms with van der Waals surface area (Å²) in [4.78, 5) is 14.8. The monoisotopic (exact) mass is 329 g/mol. The Hall–Kier alpha value is -1.85. The number of nitrogens with zero attached hydrogens (tertiary/aromatic N) is 1. The highest BCUT2D eigenvalue weighted by atomic mass is 16.5. The SMILES string of the molecule is COc1cc2c(cc1OC)[C@]13C[C@@H](OC)C(=O)C=C1CCN3CC2. The first-order valence-corrected chi connectivity index (χ1v) is 8.42. The van der Waals surface area contributed by atoms with E-state index in [-0.39, 0.29) is 17.4 Å². The van der Waals surface area contributed by atoms with Crippen molar-refractivity contribution in [2.24, 2.45) is 0 Å². The number of hydrogen-bond donors (Lipinski definition) is 0. The van der Waals surface area contributed by atoms with Crippen LogP contribution in [0, 0.1) is 0 Å². The molecular weight excluding hydrogens is 306 g/mol. The van der Waals surface area contributed by atoms with E-state index in [0.29, 0.717) is 6.42 Å². The van der Waals surface area contributed by atoms with Gasteiger partial charge in [-0.25, -0.2) is 0 Å². The Balaban J connectivity index is 1.93. The number of hydrogen-bond acceptors (Lipinski definition) is 5. The number of benzene rings is 1. The lowest BCUT2D eigenvalue weighted by Gasteiger charge is -2.47. The van der Waals surface area contributed by atoms with Crippen LogP contribution in [0.1, 0.15) is 24.0 Å². The fraction of sp³-hybridized carbons (Fsp3) is 0.526. The number of methoxy groups -OCH3 is 3. The van der Waals surface area contributed by atoms with Crippen molar-refractivity contribution in [3.05, 3.63) is 34.9 Å². The van der Waals surface area contributed by atoms with Crippen LogP contribution in [-0.2, 0) is 21.5 Å². The van der Waals surface area contributed by atoms with Gasteiger partial charge in [0.25, 0.3) is 0 Å². The molecule has 1 spiro atoms. The van der Waals surface area contributed by atoms with Gasteiger partial charge in [0.1, 0.15) is 6.10 Å². The first-order valence-electron chi connectivity index (χ1n) is 8.42. The Bertz CT molecular complexity index is 726. The minimum Gasteiger partial charge on any atom is -0.493 e. The van der Waals surface area contributed by atoms with Crippen molar-refractivity contribution < 1.29 is 19.0 Å². The van der Waals surface area contributed by atoms with E-state index in [9.17, 15) is 4.79 Å². The third kappa shape index (κ3) is 1.98. The molecular formula is C19H23NO4. The Morgan fingerprint density at radius 1 is 1.08 bits per heavy atom. The van der Waals surface area contributed by atoms with Crippen molar-refractivity contribution in [2.45, 2.75) is 30.9 Å². The summed E-state index contributed by atoms with van der Waals surface area (Å²) in [5, 5.41) is 0. The van der Waals surface area contributed by atoms with Crippen LogP contribution in [0.4, 0.5) is 0 Å². The van der Waals surface area contributed by atoms with E-state index in [1.165, 1.54) is 16.7 Å². The molecule has 0 bridgehead atoms. The second-order valence-corrected chi connectivity index (χ2v) is 6.71. The number of carbonyl (C=O) groups is 1. The normalized spacial score (nSPS) is 28.7. The third-order valence-corrected chi connectivity index (χ3v) is 5.83. The van der Waals surface area contributed by atoms with Gasteiger partial charge in [-0.2, -0.15) is 0 Å². The average Bonchev–Trinajstić information content (AvgIpc) is 2.98. The number of rotatable bonds is 3. The second kappa shape index (κ2) is 5.60.